The Morgan fingerprint density at radius 2 is 1.65 bits per heavy atom. The number of sulfonamides is 1. The molecule has 0 unspecified atom stereocenters. The molecule has 0 bridgehead atoms. The Labute approximate surface area is 155 Å². The van der Waals surface area contributed by atoms with E-state index in [9.17, 15) is 8.42 Å². The highest BCUT2D eigenvalue weighted by Gasteiger charge is 2.36. The molecule has 1 aliphatic heterocycles. The first-order chi connectivity index (χ1) is 12.5. The molecule has 2 aromatic rings. The van der Waals surface area contributed by atoms with E-state index in [-0.39, 0.29) is 10.9 Å². The van der Waals surface area contributed by atoms with Crippen molar-refractivity contribution < 1.29 is 17.9 Å². The zero-order chi connectivity index (χ0) is 18.7. The van der Waals surface area contributed by atoms with Gasteiger partial charge >= 0.3 is 0 Å². The van der Waals surface area contributed by atoms with E-state index in [2.05, 4.69) is 4.90 Å². The second-order valence-electron chi connectivity index (χ2n) is 6.32. The van der Waals surface area contributed by atoms with Crippen LogP contribution in [0.2, 0.25) is 0 Å². The molecule has 0 amide bonds. The summed E-state index contributed by atoms with van der Waals surface area (Å²) in [6.07, 6.45) is 0. The third kappa shape index (κ3) is 3.56. The Morgan fingerprint density at radius 1 is 0.962 bits per heavy atom. The van der Waals surface area contributed by atoms with E-state index < -0.39 is 10.0 Å². The van der Waals surface area contributed by atoms with Crippen LogP contribution in [0.4, 0.5) is 0 Å². The molecule has 2 aromatic carbocycles. The molecule has 0 aliphatic carbocycles. The normalized spacial score (nSPS) is 19.3. The van der Waals surface area contributed by atoms with E-state index in [1.807, 2.05) is 37.4 Å². The lowest BCUT2D eigenvalue weighted by atomic mass is 10.1. The van der Waals surface area contributed by atoms with Gasteiger partial charge in [0.05, 0.1) is 25.2 Å². The topological polar surface area (TPSA) is 59.1 Å². The van der Waals surface area contributed by atoms with Crippen molar-refractivity contribution in [2.75, 3.05) is 40.9 Å². The Hall–Kier alpha value is -2.09. The van der Waals surface area contributed by atoms with Crippen LogP contribution in [-0.2, 0) is 10.0 Å². The van der Waals surface area contributed by atoms with Crippen LogP contribution in [-0.4, -0.2) is 58.5 Å². The lowest BCUT2D eigenvalue weighted by Gasteiger charge is -2.39. The number of hydrogen-bond acceptors (Lipinski definition) is 5. The molecule has 1 fully saturated rings. The fourth-order valence-electron chi connectivity index (χ4n) is 3.25. The smallest absolute Gasteiger partial charge is 0.243 e. The second kappa shape index (κ2) is 7.65. The lowest BCUT2D eigenvalue weighted by Crippen LogP contribution is -2.49. The van der Waals surface area contributed by atoms with Gasteiger partial charge in [-0.3, -0.25) is 0 Å². The van der Waals surface area contributed by atoms with Gasteiger partial charge in [0, 0.05) is 25.7 Å². The molecule has 3 rings (SSSR count). The molecular weight excluding hydrogens is 352 g/mol. The van der Waals surface area contributed by atoms with Crippen molar-refractivity contribution in [3.8, 4) is 11.5 Å². The maximum absolute atomic E-state index is 13.4. The standard InChI is InChI=1S/C19H24N2O4S/c1-20-11-12-21(17(14-20)15-7-5-4-6-8-15)26(22,23)16-9-10-18(24-2)19(13-16)25-3/h4-10,13,17H,11-12,14H2,1-3H3/t17-/m1/s1. The SMILES string of the molecule is COc1ccc(S(=O)(=O)N2CCN(C)C[C@@H]2c2ccccc2)cc1OC. The molecule has 26 heavy (non-hydrogen) atoms. The Morgan fingerprint density at radius 3 is 2.31 bits per heavy atom. The van der Waals surface area contributed by atoms with Crippen molar-refractivity contribution in [2.45, 2.75) is 10.9 Å². The molecule has 0 aromatic heterocycles. The van der Waals surface area contributed by atoms with Crippen molar-refractivity contribution in [3.05, 3.63) is 54.1 Å². The first-order valence-electron chi connectivity index (χ1n) is 8.44. The Balaban J connectivity index is 2.01. The summed E-state index contributed by atoms with van der Waals surface area (Å²) in [6, 6.07) is 14.2. The summed E-state index contributed by atoms with van der Waals surface area (Å²) in [5.41, 5.74) is 0.989. The van der Waals surface area contributed by atoms with Gasteiger partial charge in [0.2, 0.25) is 10.0 Å². The quantitative estimate of drug-likeness (QED) is 0.802. The minimum atomic E-state index is -3.67. The van der Waals surface area contributed by atoms with Crippen LogP contribution in [0.5, 0.6) is 11.5 Å². The van der Waals surface area contributed by atoms with Gasteiger partial charge < -0.3 is 14.4 Å². The first kappa shape index (κ1) is 18.7. The number of methoxy groups -OCH3 is 2. The fourth-order valence-corrected chi connectivity index (χ4v) is 4.86. The summed E-state index contributed by atoms with van der Waals surface area (Å²) < 4.78 is 38.8. The van der Waals surface area contributed by atoms with Gasteiger partial charge in [-0.2, -0.15) is 4.31 Å². The molecule has 0 radical (unpaired) electrons. The van der Waals surface area contributed by atoms with Crippen LogP contribution >= 0.6 is 0 Å². The van der Waals surface area contributed by atoms with Crippen LogP contribution in [0.25, 0.3) is 0 Å². The predicted octanol–water partition coefficient (Wildman–Crippen LogP) is 2.38. The molecule has 1 saturated heterocycles. The summed E-state index contributed by atoms with van der Waals surface area (Å²) >= 11 is 0. The number of benzene rings is 2. The maximum atomic E-state index is 13.4. The predicted molar refractivity (Wildman–Crippen MR) is 100 cm³/mol. The van der Waals surface area contributed by atoms with E-state index in [0.29, 0.717) is 31.1 Å². The van der Waals surface area contributed by atoms with Crippen LogP contribution in [0, 0.1) is 0 Å². The lowest BCUT2D eigenvalue weighted by molar-refractivity contribution is 0.160. The van der Waals surface area contributed by atoms with Crippen molar-refractivity contribution in [1.82, 2.24) is 9.21 Å². The molecule has 140 valence electrons. The van der Waals surface area contributed by atoms with Crippen LogP contribution in [0.1, 0.15) is 11.6 Å². The summed E-state index contributed by atoms with van der Waals surface area (Å²) in [4.78, 5) is 2.36. The van der Waals surface area contributed by atoms with Gasteiger partial charge in [0.1, 0.15) is 0 Å². The van der Waals surface area contributed by atoms with E-state index >= 15 is 0 Å². The molecule has 7 heteroatoms. The Bertz CT molecular complexity index is 855. The van der Waals surface area contributed by atoms with Crippen molar-refractivity contribution in [3.63, 3.8) is 0 Å². The maximum Gasteiger partial charge on any atom is 0.243 e. The van der Waals surface area contributed by atoms with E-state index in [1.165, 1.54) is 20.3 Å². The molecule has 1 aliphatic rings. The number of piperazine rings is 1. The third-order valence-corrected chi connectivity index (χ3v) is 6.58. The zero-order valence-electron chi connectivity index (χ0n) is 15.3. The highest BCUT2D eigenvalue weighted by atomic mass is 32.2. The molecule has 1 heterocycles. The van der Waals surface area contributed by atoms with Gasteiger partial charge in [0.15, 0.2) is 11.5 Å². The van der Waals surface area contributed by atoms with Crippen LogP contribution in [0.3, 0.4) is 0 Å². The van der Waals surface area contributed by atoms with Gasteiger partial charge in [-0.05, 0) is 24.7 Å². The minimum absolute atomic E-state index is 0.209. The highest BCUT2D eigenvalue weighted by Crippen LogP contribution is 2.34. The van der Waals surface area contributed by atoms with Crippen molar-refractivity contribution in [2.24, 2.45) is 0 Å². The van der Waals surface area contributed by atoms with Gasteiger partial charge in [-0.25, -0.2) is 8.42 Å². The van der Waals surface area contributed by atoms with E-state index in [1.54, 1.807) is 16.4 Å². The van der Waals surface area contributed by atoms with Gasteiger partial charge in [0.25, 0.3) is 0 Å². The number of nitrogens with zero attached hydrogens (tertiary/aromatic N) is 2. The van der Waals surface area contributed by atoms with Crippen LogP contribution < -0.4 is 9.47 Å². The molecule has 0 N–H and O–H groups in total. The van der Waals surface area contributed by atoms with Gasteiger partial charge in [-0.15, -0.1) is 0 Å². The number of ether oxygens (including phenoxy) is 2. The summed E-state index contributed by atoms with van der Waals surface area (Å²) in [5.74, 6) is 0.906. The zero-order valence-corrected chi connectivity index (χ0v) is 16.1. The molecular formula is C19H24N2O4S. The van der Waals surface area contributed by atoms with Gasteiger partial charge in [-0.1, -0.05) is 30.3 Å². The number of hydrogen-bond donors (Lipinski definition) is 0. The van der Waals surface area contributed by atoms with E-state index in [0.717, 1.165) is 5.56 Å². The molecule has 0 spiro atoms. The Kier molecular flexibility index (Phi) is 5.50. The number of likely N-dealkylation sites (N-methyl/N-ethyl adjacent to an activating group) is 1. The van der Waals surface area contributed by atoms with Crippen LogP contribution in [0.15, 0.2) is 53.4 Å². The first-order valence-corrected chi connectivity index (χ1v) is 9.88. The summed E-state index contributed by atoms with van der Waals surface area (Å²) in [5, 5.41) is 0. The fraction of sp³-hybridized carbons (Fsp3) is 0.368. The largest absolute Gasteiger partial charge is 0.493 e. The summed E-state index contributed by atoms with van der Waals surface area (Å²) in [6.45, 7) is 1.78. The minimum Gasteiger partial charge on any atom is -0.493 e. The second-order valence-corrected chi connectivity index (χ2v) is 8.21. The van der Waals surface area contributed by atoms with E-state index in [4.69, 9.17) is 9.47 Å². The van der Waals surface area contributed by atoms with Crippen molar-refractivity contribution >= 4 is 10.0 Å². The molecule has 1 atom stereocenters. The molecule has 6 nitrogen and oxygen atoms in total. The van der Waals surface area contributed by atoms with Crippen molar-refractivity contribution in [1.29, 1.82) is 0 Å². The monoisotopic (exact) mass is 376 g/mol. The average Bonchev–Trinajstić information content (AvgIpc) is 2.67. The number of rotatable bonds is 5. The highest BCUT2D eigenvalue weighted by molar-refractivity contribution is 7.89. The third-order valence-electron chi connectivity index (χ3n) is 4.68. The average molecular weight is 376 g/mol. The summed E-state index contributed by atoms with van der Waals surface area (Å²) in [7, 11) is 1.36. The molecule has 0 saturated carbocycles.